The van der Waals surface area contributed by atoms with Gasteiger partial charge in [-0.2, -0.15) is 0 Å². The summed E-state index contributed by atoms with van der Waals surface area (Å²) in [4.78, 5) is 0. The average molecular weight is 134 g/mol. The first-order chi connectivity index (χ1) is 4.86. The molecule has 0 amide bonds. The summed E-state index contributed by atoms with van der Waals surface area (Å²) < 4.78 is 0. The number of hydrogen-bond donors (Lipinski definition) is 0. The van der Waals surface area contributed by atoms with Gasteiger partial charge in [-0.25, -0.2) is 0 Å². The minimum Gasteiger partial charge on any atom is -0.0733 e. The van der Waals surface area contributed by atoms with Crippen LogP contribution in [0.1, 0.15) is 32.6 Å². The third-order valence-electron chi connectivity index (χ3n) is 3.40. The third-order valence-corrected chi connectivity index (χ3v) is 3.40. The monoisotopic (exact) mass is 134 g/mol. The second kappa shape index (κ2) is 1.49. The van der Waals surface area contributed by atoms with E-state index in [1.807, 2.05) is 5.57 Å². The molecule has 0 heteroatoms. The van der Waals surface area contributed by atoms with E-state index < -0.39 is 0 Å². The maximum atomic E-state index is 2.36. The van der Waals surface area contributed by atoms with E-state index in [0.29, 0.717) is 0 Å². The van der Waals surface area contributed by atoms with Crippen LogP contribution < -0.4 is 0 Å². The first-order valence-electron chi connectivity index (χ1n) is 4.56. The molecular formula is C10H14. The Hall–Kier alpha value is -0.260. The molecule has 0 heterocycles. The van der Waals surface area contributed by atoms with Crippen LogP contribution in [0.3, 0.4) is 0 Å². The summed E-state index contributed by atoms with van der Waals surface area (Å²) in [6.07, 6.45) is 6.02. The quantitative estimate of drug-likeness (QED) is 0.484. The molecule has 0 aromatic heterocycles. The lowest BCUT2D eigenvalue weighted by molar-refractivity contribution is 0.809. The normalized spacial score (nSPS) is 44.1. The summed E-state index contributed by atoms with van der Waals surface area (Å²) >= 11 is 0. The van der Waals surface area contributed by atoms with Gasteiger partial charge in [-0.15, -0.1) is 0 Å². The lowest BCUT2D eigenvalue weighted by atomic mass is 10.0. The standard InChI is InChI=1S/C10H14/c1-6-4-8-5-9(8)10(6)7-2-3-7/h7-9H,2-5H2,1H3. The lowest BCUT2D eigenvalue weighted by Gasteiger charge is -2.02. The molecular weight excluding hydrogens is 120 g/mol. The summed E-state index contributed by atoms with van der Waals surface area (Å²) in [6.45, 7) is 2.36. The molecule has 2 fully saturated rings. The van der Waals surface area contributed by atoms with Crippen molar-refractivity contribution in [3.8, 4) is 0 Å². The van der Waals surface area contributed by atoms with Crippen molar-refractivity contribution < 1.29 is 0 Å². The Morgan fingerprint density at radius 3 is 2.60 bits per heavy atom. The molecule has 2 saturated carbocycles. The van der Waals surface area contributed by atoms with Gasteiger partial charge in [0, 0.05) is 0 Å². The van der Waals surface area contributed by atoms with Gasteiger partial charge in [0.2, 0.25) is 0 Å². The van der Waals surface area contributed by atoms with Crippen LogP contribution in [0.2, 0.25) is 0 Å². The molecule has 0 aromatic rings. The van der Waals surface area contributed by atoms with Crippen LogP contribution >= 0.6 is 0 Å². The topological polar surface area (TPSA) is 0 Å². The summed E-state index contributed by atoms with van der Waals surface area (Å²) in [5.74, 6) is 3.28. The average Bonchev–Trinajstić information content (AvgIpc) is 2.74. The lowest BCUT2D eigenvalue weighted by Crippen LogP contribution is -1.87. The van der Waals surface area contributed by atoms with Crippen molar-refractivity contribution in [1.29, 1.82) is 0 Å². The Labute approximate surface area is 62.3 Å². The van der Waals surface area contributed by atoms with Gasteiger partial charge in [-0.05, 0) is 50.4 Å². The molecule has 0 nitrogen and oxygen atoms in total. The van der Waals surface area contributed by atoms with E-state index in [9.17, 15) is 0 Å². The van der Waals surface area contributed by atoms with Gasteiger partial charge >= 0.3 is 0 Å². The largest absolute Gasteiger partial charge is 0.0733 e. The van der Waals surface area contributed by atoms with Crippen LogP contribution in [0.5, 0.6) is 0 Å². The van der Waals surface area contributed by atoms with Crippen molar-refractivity contribution in [3.05, 3.63) is 11.1 Å². The SMILES string of the molecule is CC1=C(C2CC2)C2CC2C1. The van der Waals surface area contributed by atoms with Gasteiger partial charge < -0.3 is 0 Å². The Morgan fingerprint density at radius 1 is 1.30 bits per heavy atom. The van der Waals surface area contributed by atoms with Gasteiger partial charge in [0.25, 0.3) is 0 Å². The Bertz CT molecular complexity index is 208. The molecule has 2 atom stereocenters. The fourth-order valence-electron chi connectivity index (χ4n) is 2.73. The molecule has 0 aliphatic heterocycles. The summed E-state index contributed by atoms with van der Waals surface area (Å²) in [5.41, 5.74) is 3.67. The van der Waals surface area contributed by atoms with Crippen molar-refractivity contribution >= 4 is 0 Å². The van der Waals surface area contributed by atoms with Crippen molar-refractivity contribution in [2.75, 3.05) is 0 Å². The van der Waals surface area contributed by atoms with E-state index >= 15 is 0 Å². The second-order valence-corrected chi connectivity index (χ2v) is 4.32. The maximum absolute atomic E-state index is 2.36. The Kier molecular flexibility index (Phi) is 0.805. The van der Waals surface area contributed by atoms with E-state index in [1.54, 1.807) is 12.0 Å². The first kappa shape index (κ1) is 5.40. The molecule has 0 radical (unpaired) electrons. The maximum Gasteiger partial charge on any atom is -0.0163 e. The molecule has 0 aromatic carbocycles. The van der Waals surface area contributed by atoms with Crippen LogP contribution in [0.4, 0.5) is 0 Å². The molecule has 0 spiro atoms. The van der Waals surface area contributed by atoms with Crippen molar-refractivity contribution in [2.45, 2.75) is 32.6 Å². The van der Waals surface area contributed by atoms with Gasteiger partial charge in [0.1, 0.15) is 0 Å². The minimum atomic E-state index is 1.07. The number of fused-ring (bicyclic) bond motifs is 1. The number of allylic oxidation sites excluding steroid dienone is 2. The van der Waals surface area contributed by atoms with E-state index in [2.05, 4.69) is 6.92 Å². The highest BCUT2D eigenvalue weighted by atomic mass is 14.5. The predicted octanol–water partition coefficient (Wildman–Crippen LogP) is 2.75. The Balaban J connectivity index is 1.95. The van der Waals surface area contributed by atoms with Crippen LogP contribution in [0.15, 0.2) is 11.1 Å². The predicted molar refractivity (Wildman–Crippen MR) is 41.6 cm³/mol. The zero-order valence-corrected chi connectivity index (χ0v) is 6.56. The van der Waals surface area contributed by atoms with E-state index in [1.165, 1.54) is 19.3 Å². The summed E-state index contributed by atoms with van der Waals surface area (Å²) in [5, 5.41) is 0. The number of hydrogen-bond acceptors (Lipinski definition) is 0. The van der Waals surface area contributed by atoms with Crippen molar-refractivity contribution in [1.82, 2.24) is 0 Å². The van der Waals surface area contributed by atoms with Crippen molar-refractivity contribution in [3.63, 3.8) is 0 Å². The highest BCUT2D eigenvalue weighted by molar-refractivity contribution is 5.34. The van der Waals surface area contributed by atoms with Crippen LogP contribution in [0, 0.1) is 17.8 Å². The molecule has 0 saturated heterocycles. The van der Waals surface area contributed by atoms with E-state index in [4.69, 9.17) is 0 Å². The van der Waals surface area contributed by atoms with E-state index in [0.717, 1.165) is 17.8 Å². The molecule has 0 bridgehead atoms. The molecule has 54 valence electrons. The fraction of sp³-hybridized carbons (Fsp3) is 0.800. The molecule has 3 aliphatic rings. The smallest absolute Gasteiger partial charge is 0.0163 e. The van der Waals surface area contributed by atoms with Crippen LogP contribution in [-0.4, -0.2) is 0 Å². The fourth-order valence-corrected chi connectivity index (χ4v) is 2.73. The van der Waals surface area contributed by atoms with Gasteiger partial charge in [-0.1, -0.05) is 11.1 Å². The molecule has 2 unspecified atom stereocenters. The van der Waals surface area contributed by atoms with Gasteiger partial charge in [-0.3, -0.25) is 0 Å². The van der Waals surface area contributed by atoms with Gasteiger partial charge in [0.05, 0.1) is 0 Å². The molecule has 0 N–H and O–H groups in total. The zero-order chi connectivity index (χ0) is 6.72. The molecule has 3 aliphatic carbocycles. The summed E-state index contributed by atoms with van der Waals surface area (Å²) in [7, 11) is 0. The third kappa shape index (κ3) is 0.574. The zero-order valence-electron chi connectivity index (χ0n) is 6.56. The van der Waals surface area contributed by atoms with Crippen LogP contribution in [0.25, 0.3) is 0 Å². The van der Waals surface area contributed by atoms with E-state index in [-0.39, 0.29) is 0 Å². The highest BCUT2D eigenvalue weighted by Gasteiger charge is 2.49. The minimum absolute atomic E-state index is 1.07. The highest BCUT2D eigenvalue weighted by Crippen LogP contribution is 2.60. The van der Waals surface area contributed by atoms with Crippen LogP contribution in [-0.2, 0) is 0 Å². The Morgan fingerprint density at radius 2 is 2.10 bits per heavy atom. The number of rotatable bonds is 1. The van der Waals surface area contributed by atoms with Gasteiger partial charge in [0.15, 0.2) is 0 Å². The second-order valence-electron chi connectivity index (χ2n) is 4.32. The summed E-state index contributed by atoms with van der Waals surface area (Å²) in [6, 6.07) is 0. The first-order valence-corrected chi connectivity index (χ1v) is 4.56. The van der Waals surface area contributed by atoms with Crippen molar-refractivity contribution in [2.24, 2.45) is 17.8 Å². The molecule has 3 rings (SSSR count). The molecule has 10 heavy (non-hydrogen) atoms.